The summed E-state index contributed by atoms with van der Waals surface area (Å²) in [5.41, 5.74) is 3.12. The number of ether oxygens (including phenoxy) is 4. The molecule has 2 aromatic carbocycles. The SMILES string of the molecule is CCOc1c(C2OC(C)O2)nc(-c2ccc(NC(=O)Nc3ccc(NC(C)=O)cc3)cc2)nc1N1CCOCC1. The van der Waals surface area contributed by atoms with Crippen LogP contribution in [-0.2, 0) is 19.0 Å². The molecule has 2 saturated heterocycles. The topological polar surface area (TPSA) is 136 Å². The third kappa shape index (κ3) is 6.47. The number of amides is 3. The van der Waals surface area contributed by atoms with Crippen molar-refractivity contribution in [3.8, 4) is 17.1 Å². The second kappa shape index (κ2) is 12.3. The van der Waals surface area contributed by atoms with Crippen LogP contribution in [-0.4, -0.2) is 61.1 Å². The number of nitrogens with zero attached hydrogens (tertiary/aromatic N) is 3. The molecule has 5 rings (SSSR count). The first kappa shape index (κ1) is 27.3. The summed E-state index contributed by atoms with van der Waals surface area (Å²) in [6.07, 6.45) is -0.966. The molecule has 12 nitrogen and oxygen atoms in total. The van der Waals surface area contributed by atoms with Crippen molar-refractivity contribution in [3.63, 3.8) is 0 Å². The zero-order valence-electron chi connectivity index (χ0n) is 22.6. The minimum Gasteiger partial charge on any atom is -0.488 e. The number of nitrogens with one attached hydrogen (secondary N) is 3. The molecule has 1 aromatic heterocycles. The van der Waals surface area contributed by atoms with Crippen molar-refractivity contribution < 1.29 is 28.5 Å². The Kier molecular flexibility index (Phi) is 8.39. The largest absolute Gasteiger partial charge is 0.488 e. The molecule has 210 valence electrons. The standard InChI is InChI=1S/C28H32N6O6/c1-4-38-24-23(27-39-18(3)40-27)32-25(33-26(24)34-13-15-37-16-14-34)19-5-7-21(8-6-19)30-28(36)31-22-11-9-20(10-12-22)29-17(2)35/h5-12,18,27H,4,13-16H2,1-3H3,(H,29,35)(H2,30,31,36). The molecule has 2 aliphatic heterocycles. The van der Waals surface area contributed by atoms with Crippen LogP contribution >= 0.6 is 0 Å². The molecular formula is C28H32N6O6. The number of hydrogen-bond acceptors (Lipinski definition) is 9. The third-order valence-corrected chi connectivity index (χ3v) is 6.19. The first-order valence-corrected chi connectivity index (χ1v) is 13.1. The second-order valence-corrected chi connectivity index (χ2v) is 9.20. The molecule has 0 atom stereocenters. The van der Waals surface area contributed by atoms with E-state index in [0.717, 1.165) is 5.56 Å². The molecule has 3 N–H and O–H groups in total. The van der Waals surface area contributed by atoms with Crippen molar-refractivity contribution in [2.75, 3.05) is 53.8 Å². The van der Waals surface area contributed by atoms with Gasteiger partial charge in [0.1, 0.15) is 5.69 Å². The van der Waals surface area contributed by atoms with Gasteiger partial charge in [0.05, 0.1) is 19.8 Å². The molecule has 0 unspecified atom stereocenters. The molecular weight excluding hydrogens is 516 g/mol. The normalized spacial score (nSPS) is 18.4. The van der Waals surface area contributed by atoms with Crippen LogP contribution in [0.4, 0.5) is 27.7 Å². The molecule has 0 spiro atoms. The number of morpholine rings is 1. The maximum atomic E-state index is 12.5. The van der Waals surface area contributed by atoms with Gasteiger partial charge in [0.15, 0.2) is 23.7 Å². The van der Waals surface area contributed by atoms with Crippen molar-refractivity contribution in [1.82, 2.24) is 9.97 Å². The van der Waals surface area contributed by atoms with Gasteiger partial charge in [-0.2, -0.15) is 0 Å². The number of hydrogen-bond donors (Lipinski definition) is 3. The number of anilines is 4. The van der Waals surface area contributed by atoms with Crippen LogP contribution in [0.15, 0.2) is 48.5 Å². The Balaban J connectivity index is 1.34. The maximum Gasteiger partial charge on any atom is 0.323 e. The van der Waals surface area contributed by atoms with Gasteiger partial charge in [-0.3, -0.25) is 4.79 Å². The fraction of sp³-hybridized carbons (Fsp3) is 0.357. The van der Waals surface area contributed by atoms with E-state index in [4.69, 9.17) is 28.9 Å². The minimum atomic E-state index is -0.643. The summed E-state index contributed by atoms with van der Waals surface area (Å²) in [6, 6.07) is 13.7. The molecule has 3 heterocycles. The summed E-state index contributed by atoms with van der Waals surface area (Å²) < 4.78 is 23.1. The van der Waals surface area contributed by atoms with Gasteiger partial charge >= 0.3 is 6.03 Å². The Morgan fingerprint density at radius 2 is 1.50 bits per heavy atom. The summed E-state index contributed by atoms with van der Waals surface area (Å²) >= 11 is 0. The molecule has 0 aliphatic carbocycles. The van der Waals surface area contributed by atoms with Gasteiger partial charge in [-0.05, 0) is 62.4 Å². The van der Waals surface area contributed by atoms with Crippen molar-refractivity contribution >= 4 is 34.8 Å². The van der Waals surface area contributed by atoms with Crippen molar-refractivity contribution in [2.24, 2.45) is 0 Å². The fourth-order valence-electron chi connectivity index (χ4n) is 4.34. The Morgan fingerprint density at radius 3 is 2.05 bits per heavy atom. The fourth-order valence-corrected chi connectivity index (χ4v) is 4.34. The second-order valence-electron chi connectivity index (χ2n) is 9.20. The molecule has 0 bridgehead atoms. The van der Waals surface area contributed by atoms with Gasteiger partial charge in [0.25, 0.3) is 0 Å². The highest BCUT2D eigenvalue weighted by atomic mass is 16.9. The Labute approximate surface area is 232 Å². The van der Waals surface area contributed by atoms with E-state index in [2.05, 4.69) is 20.9 Å². The Bertz CT molecular complexity index is 1340. The molecule has 3 aromatic rings. The minimum absolute atomic E-state index is 0.162. The predicted molar refractivity (Wildman–Crippen MR) is 149 cm³/mol. The van der Waals surface area contributed by atoms with Crippen LogP contribution in [0.2, 0.25) is 0 Å². The van der Waals surface area contributed by atoms with Gasteiger partial charge in [-0.1, -0.05) is 0 Å². The van der Waals surface area contributed by atoms with E-state index in [1.54, 1.807) is 36.4 Å². The molecule has 0 saturated carbocycles. The highest BCUT2D eigenvalue weighted by Crippen LogP contribution is 2.41. The van der Waals surface area contributed by atoms with Gasteiger partial charge in [-0.25, -0.2) is 14.8 Å². The Hall–Kier alpha value is -4.26. The summed E-state index contributed by atoms with van der Waals surface area (Å²) in [6.45, 7) is 8.15. The van der Waals surface area contributed by atoms with Gasteiger partial charge < -0.3 is 39.8 Å². The van der Waals surface area contributed by atoms with Gasteiger partial charge in [0, 0.05) is 42.6 Å². The van der Waals surface area contributed by atoms with E-state index < -0.39 is 12.3 Å². The number of carbonyl (C=O) groups is 2. The summed E-state index contributed by atoms with van der Waals surface area (Å²) in [5.74, 6) is 1.54. The molecule has 12 heteroatoms. The monoisotopic (exact) mass is 548 g/mol. The van der Waals surface area contributed by atoms with Crippen LogP contribution in [0.3, 0.4) is 0 Å². The van der Waals surface area contributed by atoms with E-state index >= 15 is 0 Å². The highest BCUT2D eigenvalue weighted by molar-refractivity contribution is 6.00. The van der Waals surface area contributed by atoms with E-state index in [0.29, 0.717) is 73.1 Å². The molecule has 2 fully saturated rings. The highest BCUT2D eigenvalue weighted by Gasteiger charge is 2.36. The van der Waals surface area contributed by atoms with Crippen molar-refractivity contribution in [3.05, 3.63) is 54.2 Å². The predicted octanol–water partition coefficient (Wildman–Crippen LogP) is 4.37. The van der Waals surface area contributed by atoms with E-state index in [1.807, 2.05) is 26.0 Å². The van der Waals surface area contributed by atoms with Crippen LogP contribution in [0.1, 0.15) is 32.8 Å². The number of benzene rings is 2. The van der Waals surface area contributed by atoms with E-state index in [1.165, 1.54) is 6.92 Å². The first-order chi connectivity index (χ1) is 19.4. The van der Waals surface area contributed by atoms with Crippen molar-refractivity contribution in [2.45, 2.75) is 33.4 Å². The van der Waals surface area contributed by atoms with Gasteiger partial charge in [-0.15, -0.1) is 0 Å². The van der Waals surface area contributed by atoms with Crippen LogP contribution in [0.5, 0.6) is 5.75 Å². The van der Waals surface area contributed by atoms with Gasteiger partial charge in [0.2, 0.25) is 12.2 Å². The number of urea groups is 1. The average Bonchev–Trinajstić information content (AvgIpc) is 2.93. The lowest BCUT2D eigenvalue weighted by Gasteiger charge is -2.35. The zero-order valence-corrected chi connectivity index (χ0v) is 22.6. The van der Waals surface area contributed by atoms with Crippen molar-refractivity contribution in [1.29, 1.82) is 0 Å². The van der Waals surface area contributed by atoms with E-state index in [9.17, 15) is 9.59 Å². The van der Waals surface area contributed by atoms with Crippen LogP contribution < -0.4 is 25.6 Å². The molecule has 40 heavy (non-hydrogen) atoms. The number of rotatable bonds is 8. The lowest BCUT2D eigenvalue weighted by Crippen LogP contribution is -2.38. The summed E-state index contributed by atoms with van der Waals surface area (Å²) in [5, 5.41) is 8.27. The lowest BCUT2D eigenvalue weighted by atomic mass is 10.1. The quantitative estimate of drug-likeness (QED) is 0.375. The van der Waals surface area contributed by atoms with E-state index in [-0.39, 0.29) is 12.2 Å². The van der Waals surface area contributed by atoms with Crippen LogP contribution in [0.25, 0.3) is 11.4 Å². The third-order valence-electron chi connectivity index (χ3n) is 6.19. The lowest BCUT2D eigenvalue weighted by molar-refractivity contribution is -0.384. The number of aromatic nitrogens is 2. The smallest absolute Gasteiger partial charge is 0.323 e. The maximum absolute atomic E-state index is 12.5. The zero-order chi connectivity index (χ0) is 28.1. The first-order valence-electron chi connectivity index (χ1n) is 13.1. The Morgan fingerprint density at radius 1 is 0.925 bits per heavy atom. The summed E-state index contributed by atoms with van der Waals surface area (Å²) in [7, 11) is 0. The summed E-state index contributed by atoms with van der Waals surface area (Å²) in [4.78, 5) is 35.5. The average molecular weight is 549 g/mol. The molecule has 3 amide bonds. The molecule has 2 aliphatic rings. The van der Waals surface area contributed by atoms with Crippen LogP contribution in [0, 0.1) is 0 Å². The molecule has 0 radical (unpaired) electrons. The number of carbonyl (C=O) groups excluding carboxylic acids is 2.